The van der Waals surface area contributed by atoms with Crippen molar-refractivity contribution in [1.29, 1.82) is 0 Å². The molecule has 0 spiro atoms. The van der Waals surface area contributed by atoms with Gasteiger partial charge in [0, 0.05) is 22.0 Å². The van der Waals surface area contributed by atoms with Crippen LogP contribution in [0.1, 0.15) is 32.1 Å². The lowest BCUT2D eigenvalue weighted by molar-refractivity contribution is 0.529. The lowest BCUT2D eigenvalue weighted by atomic mass is 10.00. The highest BCUT2D eigenvalue weighted by Crippen LogP contribution is 2.41. The highest BCUT2D eigenvalue weighted by atomic mass is 33.1. The van der Waals surface area contributed by atoms with Gasteiger partial charge in [-0.25, -0.2) is 0 Å². The molecule has 1 aliphatic heterocycles. The van der Waals surface area contributed by atoms with Gasteiger partial charge in [0.1, 0.15) is 0 Å². The van der Waals surface area contributed by atoms with E-state index in [0.717, 1.165) is 10.5 Å². The first-order valence-electron chi connectivity index (χ1n) is 5.94. The van der Waals surface area contributed by atoms with Crippen LogP contribution in [0.3, 0.4) is 0 Å². The molecule has 0 aromatic heterocycles. The monoisotopic (exact) mass is 280 g/mol. The zero-order valence-corrected chi connectivity index (χ0v) is 12.4. The SMILES string of the molecule is C1CSCCSS[C@@H]2CCCCC2SC1. The molecule has 0 aromatic carbocycles. The number of thioether (sulfide) groups is 2. The van der Waals surface area contributed by atoms with E-state index in [1.807, 2.05) is 0 Å². The number of hydrogen-bond acceptors (Lipinski definition) is 4. The van der Waals surface area contributed by atoms with Crippen LogP contribution in [0.25, 0.3) is 0 Å². The van der Waals surface area contributed by atoms with Gasteiger partial charge in [-0.15, -0.1) is 0 Å². The number of hydrogen-bond donors (Lipinski definition) is 0. The maximum absolute atomic E-state index is 2.27. The molecule has 0 bridgehead atoms. The molecule has 0 radical (unpaired) electrons. The molecule has 15 heavy (non-hydrogen) atoms. The zero-order chi connectivity index (χ0) is 10.3. The largest absolute Gasteiger partial charge is 0.161 e. The van der Waals surface area contributed by atoms with Gasteiger partial charge in [0.05, 0.1) is 0 Å². The predicted octanol–water partition coefficient (Wildman–Crippen LogP) is 4.55. The minimum Gasteiger partial charge on any atom is -0.161 e. The molecule has 2 atom stereocenters. The van der Waals surface area contributed by atoms with Crippen molar-refractivity contribution in [1.82, 2.24) is 0 Å². The summed E-state index contributed by atoms with van der Waals surface area (Å²) in [5.74, 6) is 5.50. The highest BCUT2D eigenvalue weighted by Gasteiger charge is 2.26. The number of rotatable bonds is 0. The Morgan fingerprint density at radius 2 is 1.60 bits per heavy atom. The molecule has 88 valence electrons. The molecule has 0 aromatic rings. The van der Waals surface area contributed by atoms with Crippen molar-refractivity contribution >= 4 is 45.1 Å². The van der Waals surface area contributed by atoms with Crippen LogP contribution >= 0.6 is 45.1 Å². The summed E-state index contributed by atoms with van der Waals surface area (Å²) in [5.41, 5.74) is 0. The van der Waals surface area contributed by atoms with Gasteiger partial charge < -0.3 is 0 Å². The molecule has 1 saturated heterocycles. The van der Waals surface area contributed by atoms with E-state index in [9.17, 15) is 0 Å². The first kappa shape index (κ1) is 12.8. The fourth-order valence-corrected chi connectivity index (χ4v) is 8.39. The van der Waals surface area contributed by atoms with E-state index in [1.165, 1.54) is 55.1 Å². The van der Waals surface area contributed by atoms with Crippen LogP contribution in [0.4, 0.5) is 0 Å². The van der Waals surface area contributed by atoms with Crippen molar-refractivity contribution < 1.29 is 0 Å². The van der Waals surface area contributed by atoms with Crippen molar-refractivity contribution in [2.45, 2.75) is 42.6 Å². The van der Waals surface area contributed by atoms with Crippen molar-refractivity contribution in [2.75, 3.05) is 23.0 Å². The van der Waals surface area contributed by atoms with Crippen molar-refractivity contribution in [3.05, 3.63) is 0 Å². The van der Waals surface area contributed by atoms with E-state index in [1.54, 1.807) is 0 Å². The normalized spacial score (nSPS) is 35.2. The van der Waals surface area contributed by atoms with E-state index in [2.05, 4.69) is 45.1 Å². The van der Waals surface area contributed by atoms with Gasteiger partial charge in [-0.2, -0.15) is 23.5 Å². The van der Waals surface area contributed by atoms with Crippen molar-refractivity contribution in [2.24, 2.45) is 0 Å². The van der Waals surface area contributed by atoms with Gasteiger partial charge in [-0.3, -0.25) is 0 Å². The summed E-state index contributed by atoms with van der Waals surface area (Å²) in [6.45, 7) is 0. The summed E-state index contributed by atoms with van der Waals surface area (Å²) in [5, 5.41) is 1.93. The van der Waals surface area contributed by atoms with Crippen LogP contribution in [0.15, 0.2) is 0 Å². The Kier molecular flexibility index (Phi) is 6.57. The first-order chi connectivity index (χ1) is 7.47. The average Bonchev–Trinajstić information content (AvgIpc) is 2.32. The Morgan fingerprint density at radius 1 is 0.733 bits per heavy atom. The van der Waals surface area contributed by atoms with Gasteiger partial charge in [-0.1, -0.05) is 34.4 Å². The van der Waals surface area contributed by atoms with Gasteiger partial charge in [-0.05, 0) is 30.8 Å². The summed E-state index contributed by atoms with van der Waals surface area (Å²) < 4.78 is 0. The first-order valence-corrected chi connectivity index (χ1v) is 10.5. The standard InChI is InChI=1S/C11H20S4/c1-2-5-11-10(4-1)13-7-3-6-12-8-9-14-15-11/h10-11H,1-9H2/t10?,11-/m1/s1. The second-order valence-corrected chi connectivity index (χ2v) is 9.41. The molecule has 2 fully saturated rings. The Balaban J connectivity index is 1.83. The third-order valence-electron chi connectivity index (χ3n) is 2.91. The summed E-state index contributed by atoms with van der Waals surface area (Å²) in [6.07, 6.45) is 7.34. The molecule has 1 unspecified atom stereocenters. The Morgan fingerprint density at radius 3 is 2.53 bits per heavy atom. The van der Waals surface area contributed by atoms with Crippen LogP contribution < -0.4 is 0 Å². The number of fused-ring (bicyclic) bond motifs is 1. The van der Waals surface area contributed by atoms with E-state index < -0.39 is 0 Å². The molecule has 4 heteroatoms. The predicted molar refractivity (Wildman–Crippen MR) is 80.5 cm³/mol. The van der Waals surface area contributed by atoms with Crippen LogP contribution in [0.5, 0.6) is 0 Å². The summed E-state index contributed by atoms with van der Waals surface area (Å²) in [7, 11) is 4.32. The molecule has 2 aliphatic rings. The zero-order valence-electron chi connectivity index (χ0n) is 9.15. The smallest absolute Gasteiger partial charge is 0.0270 e. The fourth-order valence-electron chi connectivity index (χ4n) is 2.09. The molecule has 1 heterocycles. The minimum atomic E-state index is 0.955. The molecule has 2 rings (SSSR count). The van der Waals surface area contributed by atoms with E-state index >= 15 is 0 Å². The highest BCUT2D eigenvalue weighted by molar-refractivity contribution is 8.77. The minimum absolute atomic E-state index is 0.955. The van der Waals surface area contributed by atoms with Crippen LogP contribution in [0, 0.1) is 0 Å². The molecule has 0 amide bonds. The summed E-state index contributed by atoms with van der Waals surface area (Å²) in [6, 6.07) is 0. The maximum atomic E-state index is 2.27. The van der Waals surface area contributed by atoms with E-state index in [4.69, 9.17) is 0 Å². The van der Waals surface area contributed by atoms with Crippen molar-refractivity contribution in [3.8, 4) is 0 Å². The molecular formula is C11H20S4. The summed E-state index contributed by atoms with van der Waals surface area (Å²) in [4.78, 5) is 0. The quantitative estimate of drug-likeness (QED) is 0.597. The van der Waals surface area contributed by atoms with Crippen LogP contribution in [-0.2, 0) is 0 Å². The van der Waals surface area contributed by atoms with E-state index in [-0.39, 0.29) is 0 Å². The average molecular weight is 281 g/mol. The second kappa shape index (κ2) is 7.67. The third-order valence-corrected chi connectivity index (χ3v) is 8.90. The fraction of sp³-hybridized carbons (Fsp3) is 1.00. The van der Waals surface area contributed by atoms with Crippen molar-refractivity contribution in [3.63, 3.8) is 0 Å². The molecule has 1 saturated carbocycles. The molecule has 1 aliphatic carbocycles. The third kappa shape index (κ3) is 4.64. The maximum Gasteiger partial charge on any atom is 0.0270 e. The lowest BCUT2D eigenvalue weighted by Gasteiger charge is -2.30. The van der Waals surface area contributed by atoms with Gasteiger partial charge in [0.15, 0.2) is 0 Å². The van der Waals surface area contributed by atoms with E-state index in [0.29, 0.717) is 0 Å². The molecular weight excluding hydrogens is 260 g/mol. The van der Waals surface area contributed by atoms with Gasteiger partial charge in [0.25, 0.3) is 0 Å². The topological polar surface area (TPSA) is 0 Å². The van der Waals surface area contributed by atoms with Crippen LogP contribution in [0.2, 0.25) is 0 Å². The Bertz CT molecular complexity index is 156. The molecule has 0 N–H and O–H groups in total. The Labute approximate surface area is 110 Å². The lowest BCUT2D eigenvalue weighted by Crippen LogP contribution is -2.24. The molecule has 0 nitrogen and oxygen atoms in total. The van der Waals surface area contributed by atoms with Crippen LogP contribution in [-0.4, -0.2) is 33.5 Å². The van der Waals surface area contributed by atoms with Gasteiger partial charge >= 0.3 is 0 Å². The second-order valence-electron chi connectivity index (χ2n) is 4.12. The summed E-state index contributed by atoms with van der Waals surface area (Å²) >= 11 is 4.41. The van der Waals surface area contributed by atoms with Gasteiger partial charge in [0.2, 0.25) is 0 Å². The Hall–Kier alpha value is 1.40.